The lowest BCUT2D eigenvalue weighted by atomic mass is 10.1. The first-order valence-corrected chi connectivity index (χ1v) is 15.6. The van der Waals surface area contributed by atoms with E-state index in [9.17, 15) is 22.4 Å². The number of nitrogens with zero attached hydrogens (tertiary/aromatic N) is 2. The highest BCUT2D eigenvalue weighted by atomic mass is 35.5. The molecular weight excluding hydrogens is 581 g/mol. The molecule has 8 nitrogen and oxygen atoms in total. The number of rotatable bonds is 14. The highest BCUT2D eigenvalue weighted by Gasteiger charge is 2.34. The molecule has 0 saturated heterocycles. The number of methoxy groups -OCH3 is 1. The average molecular weight is 618 g/mol. The second-order valence-corrected chi connectivity index (χ2v) is 12.1. The van der Waals surface area contributed by atoms with Gasteiger partial charge in [-0.25, -0.2) is 12.8 Å². The van der Waals surface area contributed by atoms with Crippen LogP contribution >= 0.6 is 11.6 Å². The zero-order valence-corrected chi connectivity index (χ0v) is 25.8. The molecule has 0 heterocycles. The molecule has 0 aromatic heterocycles. The van der Waals surface area contributed by atoms with Gasteiger partial charge >= 0.3 is 0 Å². The Morgan fingerprint density at radius 2 is 1.69 bits per heavy atom. The molecule has 0 aliphatic heterocycles. The molecule has 3 aromatic rings. The number of amides is 2. The quantitative estimate of drug-likeness (QED) is 0.234. The van der Waals surface area contributed by atoms with Gasteiger partial charge in [0, 0.05) is 13.1 Å². The SMILES string of the molecule is CCCCNC(=O)[C@@H](CC)N(Cc1ccc(F)cc1)C(=O)CN(c1ccc(OC)c(Cl)c1)S(=O)(=O)c1ccc(C)cc1. The molecule has 42 heavy (non-hydrogen) atoms. The molecule has 0 aliphatic carbocycles. The van der Waals surface area contributed by atoms with Gasteiger partial charge in [0.05, 0.1) is 22.7 Å². The lowest BCUT2D eigenvalue weighted by molar-refractivity contribution is -0.140. The molecule has 0 spiro atoms. The van der Waals surface area contributed by atoms with Crippen molar-refractivity contribution in [1.82, 2.24) is 10.2 Å². The van der Waals surface area contributed by atoms with E-state index in [0.717, 1.165) is 22.7 Å². The zero-order valence-electron chi connectivity index (χ0n) is 24.3. The van der Waals surface area contributed by atoms with Crippen molar-refractivity contribution >= 4 is 39.1 Å². The first-order chi connectivity index (χ1) is 20.0. The van der Waals surface area contributed by atoms with Crippen molar-refractivity contribution in [1.29, 1.82) is 0 Å². The molecule has 0 aliphatic rings. The molecule has 11 heteroatoms. The van der Waals surface area contributed by atoms with Crippen molar-refractivity contribution in [3.8, 4) is 5.75 Å². The minimum Gasteiger partial charge on any atom is -0.495 e. The first kappa shape index (κ1) is 32.9. The number of halogens is 2. The smallest absolute Gasteiger partial charge is 0.264 e. The molecule has 3 rings (SSSR count). The van der Waals surface area contributed by atoms with Crippen LogP contribution in [0.25, 0.3) is 0 Å². The number of hydrogen-bond donors (Lipinski definition) is 1. The van der Waals surface area contributed by atoms with Crippen LogP contribution in [-0.2, 0) is 26.2 Å². The number of benzene rings is 3. The van der Waals surface area contributed by atoms with E-state index >= 15 is 0 Å². The summed E-state index contributed by atoms with van der Waals surface area (Å²) in [5, 5.41) is 3.04. The Labute approximate surface area is 252 Å². The maximum absolute atomic E-state index is 14.1. The average Bonchev–Trinajstić information content (AvgIpc) is 2.97. The fourth-order valence-corrected chi connectivity index (χ4v) is 6.05. The van der Waals surface area contributed by atoms with E-state index in [2.05, 4.69) is 5.32 Å². The molecular formula is C31H37ClFN3O5S. The van der Waals surface area contributed by atoms with Gasteiger partial charge in [0.2, 0.25) is 11.8 Å². The Bertz CT molecular complexity index is 1470. The molecule has 0 unspecified atom stereocenters. The van der Waals surface area contributed by atoms with Crippen molar-refractivity contribution in [3.63, 3.8) is 0 Å². The zero-order chi connectivity index (χ0) is 30.9. The molecule has 1 atom stereocenters. The fourth-order valence-electron chi connectivity index (χ4n) is 4.39. The van der Waals surface area contributed by atoms with E-state index in [4.69, 9.17) is 16.3 Å². The summed E-state index contributed by atoms with van der Waals surface area (Å²) in [6, 6.07) is 15.4. The molecule has 1 N–H and O–H groups in total. The van der Waals surface area contributed by atoms with Crippen LogP contribution in [0, 0.1) is 12.7 Å². The van der Waals surface area contributed by atoms with Gasteiger partial charge in [0.1, 0.15) is 24.2 Å². The van der Waals surface area contributed by atoms with Crippen LogP contribution < -0.4 is 14.4 Å². The molecule has 0 saturated carbocycles. The van der Waals surface area contributed by atoms with E-state index in [1.807, 2.05) is 13.8 Å². The molecule has 0 bridgehead atoms. The van der Waals surface area contributed by atoms with Crippen LogP contribution in [0.4, 0.5) is 10.1 Å². The Morgan fingerprint density at radius 3 is 2.26 bits per heavy atom. The molecule has 2 amide bonds. The molecule has 0 fully saturated rings. The normalized spacial score (nSPS) is 12.0. The number of aryl methyl sites for hydroxylation is 1. The third-order valence-electron chi connectivity index (χ3n) is 6.79. The summed E-state index contributed by atoms with van der Waals surface area (Å²) >= 11 is 6.36. The van der Waals surface area contributed by atoms with E-state index in [1.165, 1.54) is 66.6 Å². The van der Waals surface area contributed by atoms with Crippen molar-refractivity contribution in [3.05, 3.63) is 88.7 Å². The Morgan fingerprint density at radius 1 is 1.02 bits per heavy atom. The first-order valence-electron chi connectivity index (χ1n) is 13.8. The summed E-state index contributed by atoms with van der Waals surface area (Å²) in [6.45, 7) is 5.42. The summed E-state index contributed by atoms with van der Waals surface area (Å²) in [5.74, 6) is -1.05. The van der Waals surface area contributed by atoms with Gasteiger partial charge in [0.15, 0.2) is 0 Å². The van der Waals surface area contributed by atoms with Crippen molar-refractivity contribution < 1.29 is 27.1 Å². The number of carbonyl (C=O) groups is 2. The van der Waals surface area contributed by atoms with Gasteiger partial charge in [-0.3, -0.25) is 13.9 Å². The predicted octanol–water partition coefficient (Wildman–Crippen LogP) is 5.72. The van der Waals surface area contributed by atoms with Crippen molar-refractivity contribution in [2.45, 2.75) is 57.5 Å². The van der Waals surface area contributed by atoms with Gasteiger partial charge in [-0.2, -0.15) is 0 Å². The highest BCUT2D eigenvalue weighted by molar-refractivity contribution is 7.92. The number of hydrogen-bond acceptors (Lipinski definition) is 5. The second kappa shape index (κ2) is 15.0. The Kier molecular flexibility index (Phi) is 11.8. The highest BCUT2D eigenvalue weighted by Crippen LogP contribution is 2.32. The maximum atomic E-state index is 14.1. The number of anilines is 1. The van der Waals surface area contributed by atoms with E-state index in [-0.39, 0.29) is 34.5 Å². The largest absolute Gasteiger partial charge is 0.495 e. The Hall–Kier alpha value is -3.63. The third kappa shape index (κ3) is 8.23. The molecule has 3 aromatic carbocycles. The number of carbonyl (C=O) groups excluding carboxylic acids is 2. The number of unbranched alkanes of at least 4 members (excludes halogenated alkanes) is 1. The van der Waals surface area contributed by atoms with Crippen LogP contribution in [0.3, 0.4) is 0 Å². The minimum atomic E-state index is -4.25. The molecule has 0 radical (unpaired) electrons. The van der Waals surface area contributed by atoms with Gasteiger partial charge in [-0.15, -0.1) is 0 Å². The third-order valence-corrected chi connectivity index (χ3v) is 8.88. The fraction of sp³-hybridized carbons (Fsp3) is 0.355. The van der Waals surface area contributed by atoms with Crippen molar-refractivity contribution in [2.75, 3.05) is 24.5 Å². The number of sulfonamides is 1. The Balaban J connectivity index is 2.06. The van der Waals surface area contributed by atoms with Gasteiger partial charge < -0.3 is 15.0 Å². The van der Waals surface area contributed by atoms with Gasteiger partial charge in [0.25, 0.3) is 10.0 Å². The van der Waals surface area contributed by atoms with Crippen LogP contribution in [-0.4, -0.2) is 51.4 Å². The van der Waals surface area contributed by atoms with Gasteiger partial charge in [-0.05, 0) is 67.8 Å². The summed E-state index contributed by atoms with van der Waals surface area (Å²) < 4.78 is 47.8. The predicted molar refractivity (Wildman–Crippen MR) is 163 cm³/mol. The topological polar surface area (TPSA) is 96.0 Å². The minimum absolute atomic E-state index is 0.0118. The summed E-state index contributed by atoms with van der Waals surface area (Å²) in [7, 11) is -2.81. The number of ether oxygens (including phenoxy) is 1. The summed E-state index contributed by atoms with van der Waals surface area (Å²) in [5.41, 5.74) is 1.61. The van der Waals surface area contributed by atoms with Gasteiger partial charge in [-0.1, -0.05) is 61.7 Å². The van der Waals surface area contributed by atoms with E-state index in [1.54, 1.807) is 19.1 Å². The summed E-state index contributed by atoms with van der Waals surface area (Å²) in [6.07, 6.45) is 1.93. The summed E-state index contributed by atoms with van der Waals surface area (Å²) in [4.78, 5) is 28.6. The van der Waals surface area contributed by atoms with E-state index in [0.29, 0.717) is 17.9 Å². The van der Waals surface area contributed by atoms with E-state index < -0.39 is 34.3 Å². The lowest BCUT2D eigenvalue weighted by Crippen LogP contribution is -2.52. The van der Waals surface area contributed by atoms with Crippen LogP contribution in [0.5, 0.6) is 5.75 Å². The lowest BCUT2D eigenvalue weighted by Gasteiger charge is -2.33. The maximum Gasteiger partial charge on any atom is 0.264 e. The monoisotopic (exact) mass is 617 g/mol. The van der Waals surface area contributed by atoms with Crippen molar-refractivity contribution in [2.24, 2.45) is 0 Å². The van der Waals surface area contributed by atoms with Crippen LogP contribution in [0.15, 0.2) is 71.6 Å². The molecule has 226 valence electrons. The van der Waals surface area contributed by atoms with Crippen LogP contribution in [0.1, 0.15) is 44.2 Å². The van der Waals surface area contributed by atoms with Crippen LogP contribution in [0.2, 0.25) is 5.02 Å². The second-order valence-electron chi connectivity index (χ2n) is 9.86. The standard InChI is InChI=1S/C31H37ClFN3O5S/c1-5-7-18-34-31(38)28(6-2)35(20-23-10-12-24(33)13-11-23)30(37)21-36(25-14-17-29(41-4)27(32)19-25)42(39,40)26-15-8-22(3)9-16-26/h8-17,19,28H,5-7,18,20-21H2,1-4H3,(H,34,38)/t28-/m1/s1. The number of nitrogens with one attached hydrogen (secondary N) is 1.